The molecule has 2 aromatic rings. The number of hydrogen-bond donors (Lipinski definition) is 2. The molecule has 0 amide bonds. The van der Waals surface area contributed by atoms with Crippen molar-refractivity contribution in [3.05, 3.63) is 30.5 Å². The first-order valence-electron chi connectivity index (χ1n) is 6.96. The van der Waals surface area contributed by atoms with Gasteiger partial charge in [-0.3, -0.25) is 4.98 Å². The van der Waals surface area contributed by atoms with Gasteiger partial charge in [0.1, 0.15) is 5.82 Å². The SMILES string of the molecule is OC1CCCCC1CNc1cnc2ccccc2n1. The van der Waals surface area contributed by atoms with E-state index in [-0.39, 0.29) is 6.10 Å². The minimum absolute atomic E-state index is 0.172. The number of aliphatic hydroxyl groups excluding tert-OH is 1. The Labute approximate surface area is 112 Å². The van der Waals surface area contributed by atoms with Crippen molar-refractivity contribution in [2.45, 2.75) is 31.8 Å². The van der Waals surface area contributed by atoms with E-state index >= 15 is 0 Å². The van der Waals surface area contributed by atoms with Crippen LogP contribution in [0.25, 0.3) is 11.0 Å². The molecule has 1 fully saturated rings. The standard InChI is InChI=1S/C15H19N3O/c19-14-8-4-1-5-11(14)9-17-15-10-16-12-6-2-3-7-13(12)18-15/h2-3,6-7,10-11,14,19H,1,4-5,8-9H2,(H,17,18). The molecule has 0 radical (unpaired) electrons. The molecule has 1 aromatic carbocycles. The van der Waals surface area contributed by atoms with Crippen molar-refractivity contribution in [2.24, 2.45) is 5.92 Å². The van der Waals surface area contributed by atoms with Gasteiger partial charge in [0.25, 0.3) is 0 Å². The smallest absolute Gasteiger partial charge is 0.145 e. The number of anilines is 1. The van der Waals surface area contributed by atoms with Gasteiger partial charge >= 0.3 is 0 Å². The number of aromatic nitrogens is 2. The molecule has 2 atom stereocenters. The van der Waals surface area contributed by atoms with Crippen molar-refractivity contribution in [2.75, 3.05) is 11.9 Å². The van der Waals surface area contributed by atoms with Crippen LogP contribution in [0.2, 0.25) is 0 Å². The fourth-order valence-corrected chi connectivity index (χ4v) is 2.70. The third kappa shape index (κ3) is 2.84. The average Bonchev–Trinajstić information content (AvgIpc) is 2.46. The largest absolute Gasteiger partial charge is 0.393 e. The van der Waals surface area contributed by atoms with Gasteiger partial charge in [-0.15, -0.1) is 0 Å². The molecule has 0 saturated heterocycles. The van der Waals surface area contributed by atoms with E-state index < -0.39 is 0 Å². The van der Waals surface area contributed by atoms with E-state index in [0.717, 1.165) is 42.7 Å². The monoisotopic (exact) mass is 257 g/mol. The molecule has 2 N–H and O–H groups in total. The Kier molecular flexibility index (Phi) is 3.60. The fraction of sp³-hybridized carbons (Fsp3) is 0.467. The van der Waals surface area contributed by atoms with Crippen LogP contribution in [-0.2, 0) is 0 Å². The van der Waals surface area contributed by atoms with Crippen molar-refractivity contribution in [3.63, 3.8) is 0 Å². The molecule has 0 aliphatic heterocycles. The third-order valence-electron chi connectivity index (χ3n) is 3.86. The quantitative estimate of drug-likeness (QED) is 0.887. The van der Waals surface area contributed by atoms with E-state index in [9.17, 15) is 5.11 Å². The minimum atomic E-state index is -0.172. The van der Waals surface area contributed by atoms with Crippen LogP contribution in [0.3, 0.4) is 0 Å². The number of benzene rings is 1. The average molecular weight is 257 g/mol. The summed E-state index contributed by atoms with van der Waals surface area (Å²) in [6.07, 6.45) is 5.97. The molecule has 4 heteroatoms. The summed E-state index contributed by atoms with van der Waals surface area (Å²) in [5, 5.41) is 13.2. The Morgan fingerprint density at radius 2 is 1.95 bits per heavy atom. The first kappa shape index (κ1) is 12.4. The van der Waals surface area contributed by atoms with E-state index in [0.29, 0.717) is 5.92 Å². The van der Waals surface area contributed by atoms with E-state index in [4.69, 9.17) is 0 Å². The predicted octanol–water partition coefficient (Wildman–Crippen LogP) is 2.59. The second-order valence-electron chi connectivity index (χ2n) is 5.24. The summed E-state index contributed by atoms with van der Waals surface area (Å²) < 4.78 is 0. The maximum absolute atomic E-state index is 9.94. The normalized spacial score (nSPS) is 23.4. The van der Waals surface area contributed by atoms with Crippen molar-refractivity contribution in [1.82, 2.24) is 9.97 Å². The summed E-state index contributed by atoms with van der Waals surface area (Å²) >= 11 is 0. The topological polar surface area (TPSA) is 58.0 Å². The van der Waals surface area contributed by atoms with Crippen LogP contribution < -0.4 is 5.32 Å². The number of nitrogens with zero attached hydrogens (tertiary/aromatic N) is 2. The molecule has 4 nitrogen and oxygen atoms in total. The highest BCUT2D eigenvalue weighted by Crippen LogP contribution is 2.24. The van der Waals surface area contributed by atoms with Crippen molar-refractivity contribution < 1.29 is 5.11 Å². The second-order valence-corrected chi connectivity index (χ2v) is 5.24. The molecule has 1 aliphatic carbocycles. The highest BCUT2D eigenvalue weighted by molar-refractivity contribution is 5.75. The van der Waals surface area contributed by atoms with Crippen LogP contribution in [-0.4, -0.2) is 27.7 Å². The van der Waals surface area contributed by atoms with Crippen LogP contribution in [0, 0.1) is 5.92 Å². The van der Waals surface area contributed by atoms with E-state index in [1.807, 2.05) is 24.3 Å². The molecule has 100 valence electrons. The zero-order chi connectivity index (χ0) is 13.1. The Balaban J connectivity index is 1.67. The maximum Gasteiger partial charge on any atom is 0.145 e. The highest BCUT2D eigenvalue weighted by Gasteiger charge is 2.22. The van der Waals surface area contributed by atoms with Gasteiger partial charge in [-0.25, -0.2) is 4.98 Å². The number of para-hydroxylation sites is 2. The second kappa shape index (κ2) is 5.53. The van der Waals surface area contributed by atoms with Crippen molar-refractivity contribution >= 4 is 16.9 Å². The van der Waals surface area contributed by atoms with Gasteiger partial charge in [0.15, 0.2) is 0 Å². The first-order valence-corrected chi connectivity index (χ1v) is 6.96. The molecular formula is C15H19N3O. The Hall–Kier alpha value is -1.68. The zero-order valence-electron chi connectivity index (χ0n) is 10.9. The van der Waals surface area contributed by atoms with Gasteiger partial charge in [0.2, 0.25) is 0 Å². The van der Waals surface area contributed by atoms with Gasteiger partial charge in [-0.1, -0.05) is 25.0 Å². The van der Waals surface area contributed by atoms with Crippen LogP contribution >= 0.6 is 0 Å². The summed E-state index contributed by atoms with van der Waals surface area (Å²) in [7, 11) is 0. The Morgan fingerprint density at radius 3 is 2.79 bits per heavy atom. The number of fused-ring (bicyclic) bond motifs is 1. The lowest BCUT2D eigenvalue weighted by Gasteiger charge is -2.27. The molecule has 0 bridgehead atoms. The number of hydrogen-bond acceptors (Lipinski definition) is 4. The van der Waals surface area contributed by atoms with Crippen molar-refractivity contribution in [3.8, 4) is 0 Å². The van der Waals surface area contributed by atoms with Crippen molar-refractivity contribution in [1.29, 1.82) is 0 Å². The molecule has 19 heavy (non-hydrogen) atoms. The van der Waals surface area contributed by atoms with Gasteiger partial charge in [-0.05, 0) is 25.0 Å². The molecule has 0 spiro atoms. The first-order chi connectivity index (χ1) is 9.33. The highest BCUT2D eigenvalue weighted by atomic mass is 16.3. The van der Waals surface area contributed by atoms with E-state index in [1.54, 1.807) is 6.20 Å². The summed E-state index contributed by atoms with van der Waals surface area (Å²) in [6, 6.07) is 7.84. The summed E-state index contributed by atoms with van der Waals surface area (Å²) in [5.41, 5.74) is 1.81. The minimum Gasteiger partial charge on any atom is -0.393 e. The predicted molar refractivity (Wildman–Crippen MR) is 76.0 cm³/mol. The Bertz CT molecular complexity index is 558. The molecule has 1 aromatic heterocycles. The van der Waals surface area contributed by atoms with Gasteiger partial charge in [0.05, 0.1) is 23.3 Å². The Morgan fingerprint density at radius 1 is 1.16 bits per heavy atom. The third-order valence-corrected chi connectivity index (χ3v) is 3.86. The number of aliphatic hydroxyl groups is 1. The van der Waals surface area contributed by atoms with Crippen LogP contribution in [0.1, 0.15) is 25.7 Å². The summed E-state index contributed by atoms with van der Waals surface area (Å²) in [4.78, 5) is 8.91. The molecular weight excluding hydrogens is 238 g/mol. The van der Waals surface area contributed by atoms with Crippen LogP contribution in [0.15, 0.2) is 30.5 Å². The number of nitrogens with one attached hydrogen (secondary N) is 1. The van der Waals surface area contributed by atoms with Crippen LogP contribution in [0.5, 0.6) is 0 Å². The fourth-order valence-electron chi connectivity index (χ4n) is 2.70. The molecule has 1 saturated carbocycles. The summed E-state index contributed by atoms with van der Waals surface area (Å²) in [6.45, 7) is 0.772. The van der Waals surface area contributed by atoms with Gasteiger partial charge < -0.3 is 10.4 Å². The van der Waals surface area contributed by atoms with Gasteiger partial charge in [0, 0.05) is 12.5 Å². The maximum atomic E-state index is 9.94. The lowest BCUT2D eigenvalue weighted by atomic mass is 9.86. The van der Waals surface area contributed by atoms with E-state index in [1.165, 1.54) is 6.42 Å². The number of rotatable bonds is 3. The van der Waals surface area contributed by atoms with Crippen LogP contribution in [0.4, 0.5) is 5.82 Å². The van der Waals surface area contributed by atoms with E-state index in [2.05, 4.69) is 15.3 Å². The molecule has 3 rings (SSSR count). The lowest BCUT2D eigenvalue weighted by Crippen LogP contribution is -2.30. The zero-order valence-corrected chi connectivity index (χ0v) is 10.9. The summed E-state index contributed by atoms with van der Waals surface area (Å²) in [5.74, 6) is 1.12. The lowest BCUT2D eigenvalue weighted by molar-refractivity contribution is 0.0763. The van der Waals surface area contributed by atoms with Gasteiger partial charge in [-0.2, -0.15) is 0 Å². The molecule has 1 aliphatic rings. The molecule has 1 heterocycles. The molecule has 2 unspecified atom stereocenters.